The SMILES string of the molecule is Nc1cc(C(=O)O)ccc1NCCc1ccc(F)cc1. The van der Waals surface area contributed by atoms with E-state index in [0.29, 0.717) is 17.9 Å². The first-order valence-electron chi connectivity index (χ1n) is 6.17. The lowest BCUT2D eigenvalue weighted by molar-refractivity contribution is 0.0697. The van der Waals surface area contributed by atoms with Gasteiger partial charge in [-0.05, 0) is 42.3 Å². The molecule has 4 nitrogen and oxygen atoms in total. The first kappa shape index (κ1) is 13.9. The third kappa shape index (κ3) is 3.47. The van der Waals surface area contributed by atoms with Crippen LogP contribution in [0.4, 0.5) is 15.8 Å². The quantitative estimate of drug-likeness (QED) is 0.733. The molecule has 2 aromatic rings. The number of carboxylic acids is 1. The Hall–Kier alpha value is -2.56. The summed E-state index contributed by atoms with van der Waals surface area (Å²) in [7, 11) is 0. The molecule has 0 bridgehead atoms. The summed E-state index contributed by atoms with van der Waals surface area (Å²) in [5.41, 5.74) is 8.04. The number of anilines is 2. The van der Waals surface area contributed by atoms with Crippen molar-refractivity contribution in [1.29, 1.82) is 0 Å². The van der Waals surface area contributed by atoms with Gasteiger partial charge >= 0.3 is 5.97 Å². The van der Waals surface area contributed by atoms with Crippen LogP contribution in [-0.4, -0.2) is 17.6 Å². The minimum absolute atomic E-state index is 0.159. The highest BCUT2D eigenvalue weighted by molar-refractivity contribution is 5.90. The molecule has 4 N–H and O–H groups in total. The van der Waals surface area contributed by atoms with E-state index in [0.717, 1.165) is 12.0 Å². The molecule has 2 rings (SSSR count). The Morgan fingerprint density at radius 1 is 1.20 bits per heavy atom. The van der Waals surface area contributed by atoms with Gasteiger partial charge in [0.15, 0.2) is 0 Å². The molecule has 0 aliphatic heterocycles. The Bertz CT molecular complexity index is 612. The van der Waals surface area contributed by atoms with E-state index in [1.807, 2.05) is 0 Å². The maximum atomic E-state index is 12.7. The van der Waals surface area contributed by atoms with Crippen LogP contribution in [0.3, 0.4) is 0 Å². The lowest BCUT2D eigenvalue weighted by atomic mass is 10.1. The zero-order chi connectivity index (χ0) is 14.5. The number of carbonyl (C=O) groups is 1. The van der Waals surface area contributed by atoms with Crippen LogP contribution in [-0.2, 0) is 6.42 Å². The van der Waals surface area contributed by atoms with Crippen LogP contribution in [0.25, 0.3) is 0 Å². The maximum absolute atomic E-state index is 12.7. The lowest BCUT2D eigenvalue weighted by Gasteiger charge is -2.10. The van der Waals surface area contributed by atoms with Gasteiger partial charge in [0.25, 0.3) is 0 Å². The molecule has 0 saturated heterocycles. The number of nitrogens with one attached hydrogen (secondary N) is 1. The fourth-order valence-corrected chi connectivity index (χ4v) is 1.85. The second kappa shape index (κ2) is 6.06. The molecule has 0 spiro atoms. The number of halogens is 1. The molecule has 0 amide bonds. The zero-order valence-corrected chi connectivity index (χ0v) is 10.8. The van der Waals surface area contributed by atoms with Crippen molar-refractivity contribution in [2.45, 2.75) is 6.42 Å². The molecule has 0 aromatic heterocycles. The van der Waals surface area contributed by atoms with Crippen LogP contribution in [0.1, 0.15) is 15.9 Å². The number of carboxylic acid groups (broad SMARTS) is 1. The van der Waals surface area contributed by atoms with Crippen molar-refractivity contribution in [2.75, 3.05) is 17.6 Å². The summed E-state index contributed by atoms with van der Waals surface area (Å²) in [5.74, 6) is -1.26. The number of hydrogen-bond donors (Lipinski definition) is 3. The van der Waals surface area contributed by atoms with Gasteiger partial charge in [0.05, 0.1) is 16.9 Å². The Kier molecular flexibility index (Phi) is 4.20. The fourth-order valence-electron chi connectivity index (χ4n) is 1.85. The third-order valence-electron chi connectivity index (χ3n) is 2.94. The molecule has 0 fully saturated rings. The van der Waals surface area contributed by atoms with Crippen molar-refractivity contribution in [3.05, 3.63) is 59.4 Å². The molecule has 5 heteroatoms. The third-order valence-corrected chi connectivity index (χ3v) is 2.94. The van der Waals surface area contributed by atoms with E-state index in [9.17, 15) is 9.18 Å². The maximum Gasteiger partial charge on any atom is 0.335 e. The Labute approximate surface area is 116 Å². The predicted octanol–water partition coefficient (Wildman–Crippen LogP) is 2.76. The van der Waals surface area contributed by atoms with Crippen LogP contribution in [0, 0.1) is 5.82 Å². The van der Waals surface area contributed by atoms with Gasteiger partial charge < -0.3 is 16.2 Å². The summed E-state index contributed by atoms with van der Waals surface area (Å²) in [4.78, 5) is 10.8. The molecule has 20 heavy (non-hydrogen) atoms. The molecular formula is C15H15FN2O2. The van der Waals surface area contributed by atoms with Gasteiger partial charge in [-0.1, -0.05) is 12.1 Å². The van der Waals surface area contributed by atoms with E-state index >= 15 is 0 Å². The molecule has 0 heterocycles. The van der Waals surface area contributed by atoms with E-state index in [1.54, 1.807) is 18.2 Å². The lowest BCUT2D eigenvalue weighted by Crippen LogP contribution is -2.08. The van der Waals surface area contributed by atoms with Crippen molar-refractivity contribution >= 4 is 17.3 Å². The Morgan fingerprint density at radius 2 is 1.90 bits per heavy atom. The summed E-state index contributed by atoms with van der Waals surface area (Å²) in [6.07, 6.45) is 0.723. The Morgan fingerprint density at radius 3 is 2.50 bits per heavy atom. The van der Waals surface area contributed by atoms with Gasteiger partial charge in [-0.2, -0.15) is 0 Å². The van der Waals surface area contributed by atoms with Crippen molar-refractivity contribution < 1.29 is 14.3 Å². The minimum atomic E-state index is -1.01. The summed E-state index contributed by atoms with van der Waals surface area (Å²) < 4.78 is 12.7. The molecule has 2 aromatic carbocycles. The van der Waals surface area contributed by atoms with Gasteiger partial charge in [-0.15, -0.1) is 0 Å². The zero-order valence-electron chi connectivity index (χ0n) is 10.8. The van der Waals surface area contributed by atoms with E-state index in [2.05, 4.69) is 5.32 Å². The minimum Gasteiger partial charge on any atom is -0.478 e. The number of aromatic carboxylic acids is 1. The first-order chi connectivity index (χ1) is 9.56. The van der Waals surface area contributed by atoms with E-state index in [1.165, 1.54) is 24.3 Å². The topological polar surface area (TPSA) is 75.4 Å². The van der Waals surface area contributed by atoms with E-state index in [-0.39, 0.29) is 11.4 Å². The van der Waals surface area contributed by atoms with Crippen LogP contribution >= 0.6 is 0 Å². The summed E-state index contributed by atoms with van der Waals surface area (Å²) >= 11 is 0. The predicted molar refractivity (Wildman–Crippen MR) is 76.4 cm³/mol. The van der Waals surface area contributed by atoms with Gasteiger partial charge in [-0.3, -0.25) is 0 Å². The molecule has 0 aliphatic rings. The fraction of sp³-hybridized carbons (Fsp3) is 0.133. The van der Waals surface area contributed by atoms with Crippen molar-refractivity contribution in [2.24, 2.45) is 0 Å². The molecule has 0 saturated carbocycles. The first-order valence-corrected chi connectivity index (χ1v) is 6.17. The normalized spacial score (nSPS) is 10.2. The number of benzene rings is 2. The highest BCUT2D eigenvalue weighted by atomic mass is 19.1. The standard InChI is InChI=1S/C15H15FN2O2/c16-12-4-1-10(2-5-12)7-8-18-14-6-3-11(15(19)20)9-13(14)17/h1-6,9,18H,7-8,17H2,(H,19,20). The second-order valence-electron chi connectivity index (χ2n) is 4.41. The van der Waals surface area contributed by atoms with E-state index in [4.69, 9.17) is 10.8 Å². The van der Waals surface area contributed by atoms with Gasteiger partial charge in [0.2, 0.25) is 0 Å². The van der Waals surface area contributed by atoms with Gasteiger partial charge in [0, 0.05) is 6.54 Å². The highest BCUT2D eigenvalue weighted by Crippen LogP contribution is 2.20. The van der Waals surface area contributed by atoms with E-state index < -0.39 is 5.97 Å². The highest BCUT2D eigenvalue weighted by Gasteiger charge is 2.05. The van der Waals surface area contributed by atoms with Crippen molar-refractivity contribution in [3.63, 3.8) is 0 Å². The number of hydrogen-bond acceptors (Lipinski definition) is 3. The summed E-state index contributed by atoms with van der Waals surface area (Å²) in [6, 6.07) is 10.9. The molecule has 0 atom stereocenters. The number of rotatable bonds is 5. The summed E-state index contributed by atoms with van der Waals surface area (Å²) in [6.45, 7) is 0.627. The Balaban J connectivity index is 1.94. The molecule has 0 unspecified atom stereocenters. The van der Waals surface area contributed by atoms with Crippen molar-refractivity contribution in [3.8, 4) is 0 Å². The van der Waals surface area contributed by atoms with Gasteiger partial charge in [-0.25, -0.2) is 9.18 Å². The average molecular weight is 274 g/mol. The monoisotopic (exact) mass is 274 g/mol. The molecule has 0 aliphatic carbocycles. The second-order valence-corrected chi connectivity index (χ2v) is 4.41. The molecular weight excluding hydrogens is 259 g/mol. The molecule has 104 valence electrons. The van der Waals surface area contributed by atoms with Crippen LogP contribution in [0.15, 0.2) is 42.5 Å². The van der Waals surface area contributed by atoms with Crippen LogP contribution < -0.4 is 11.1 Å². The molecule has 0 radical (unpaired) electrons. The van der Waals surface area contributed by atoms with Crippen LogP contribution in [0.5, 0.6) is 0 Å². The van der Waals surface area contributed by atoms with Crippen molar-refractivity contribution in [1.82, 2.24) is 0 Å². The number of nitrogens with two attached hydrogens (primary N) is 1. The smallest absolute Gasteiger partial charge is 0.335 e. The van der Waals surface area contributed by atoms with Crippen LogP contribution in [0.2, 0.25) is 0 Å². The van der Waals surface area contributed by atoms with Gasteiger partial charge in [0.1, 0.15) is 5.82 Å². The summed E-state index contributed by atoms with van der Waals surface area (Å²) in [5, 5.41) is 12.0. The largest absolute Gasteiger partial charge is 0.478 e. The number of nitrogen functional groups attached to an aromatic ring is 1. The average Bonchev–Trinajstić information content (AvgIpc) is 2.42.